The van der Waals surface area contributed by atoms with Crippen molar-refractivity contribution in [1.29, 1.82) is 0 Å². The molecule has 0 atom stereocenters. The molecule has 0 bridgehead atoms. The van der Waals surface area contributed by atoms with Crippen molar-refractivity contribution in [2.75, 3.05) is 0 Å². The quantitative estimate of drug-likeness (QED) is 0.930. The zero-order valence-electron chi connectivity index (χ0n) is 10.9. The maximum absolute atomic E-state index is 14.3. The Labute approximate surface area is 131 Å². The standard InChI is InChI=1S/C13H12ClF2N3O.ClH/c14-9-4-1-3-8(7-9)13(15,16)11-18-10(19-20-11)12(17)5-2-6-12;/h1,3-4,7H,2,5-6,17H2;1H. The molecule has 1 aromatic carbocycles. The molecule has 1 heterocycles. The number of alkyl halides is 2. The van der Waals surface area contributed by atoms with Gasteiger partial charge in [-0.05, 0) is 31.4 Å². The minimum atomic E-state index is -3.39. The van der Waals surface area contributed by atoms with Crippen LogP contribution >= 0.6 is 24.0 Å². The number of benzene rings is 1. The largest absolute Gasteiger partial charge is 0.350 e. The van der Waals surface area contributed by atoms with Gasteiger partial charge in [0, 0.05) is 10.6 Å². The summed E-state index contributed by atoms with van der Waals surface area (Å²) in [6, 6.07) is 5.40. The van der Waals surface area contributed by atoms with E-state index in [1.54, 1.807) is 0 Å². The molecule has 8 heteroatoms. The zero-order chi connectivity index (χ0) is 14.4. The van der Waals surface area contributed by atoms with Gasteiger partial charge < -0.3 is 10.3 Å². The van der Waals surface area contributed by atoms with Crippen molar-refractivity contribution in [2.45, 2.75) is 30.7 Å². The summed E-state index contributed by atoms with van der Waals surface area (Å²) in [5, 5.41) is 3.82. The highest BCUT2D eigenvalue weighted by Crippen LogP contribution is 2.40. The average molecular weight is 336 g/mol. The molecular weight excluding hydrogens is 323 g/mol. The van der Waals surface area contributed by atoms with E-state index in [9.17, 15) is 8.78 Å². The first-order valence-electron chi connectivity index (χ1n) is 6.19. The van der Waals surface area contributed by atoms with Crippen molar-refractivity contribution in [3.8, 4) is 0 Å². The fraction of sp³-hybridized carbons (Fsp3) is 0.385. The van der Waals surface area contributed by atoms with Gasteiger partial charge in [0.15, 0.2) is 5.82 Å². The molecule has 1 aliphatic carbocycles. The summed E-state index contributed by atoms with van der Waals surface area (Å²) in [6.45, 7) is 0. The molecule has 0 radical (unpaired) electrons. The van der Waals surface area contributed by atoms with Gasteiger partial charge in [-0.2, -0.15) is 13.8 Å². The SMILES string of the molecule is Cl.NC1(c2noc(C(F)(F)c3cccc(Cl)c3)n2)CCC1. The predicted molar refractivity (Wildman–Crippen MR) is 75.7 cm³/mol. The number of halogens is 4. The van der Waals surface area contributed by atoms with E-state index in [-0.39, 0.29) is 28.8 Å². The molecule has 0 unspecified atom stereocenters. The second kappa shape index (κ2) is 5.51. The summed E-state index contributed by atoms with van der Waals surface area (Å²) in [6.07, 6.45) is 2.29. The lowest BCUT2D eigenvalue weighted by Gasteiger charge is -2.34. The highest BCUT2D eigenvalue weighted by Gasteiger charge is 2.44. The van der Waals surface area contributed by atoms with E-state index in [4.69, 9.17) is 21.9 Å². The third kappa shape index (κ3) is 2.75. The molecule has 0 aliphatic heterocycles. The lowest BCUT2D eigenvalue weighted by Crippen LogP contribution is -2.44. The Morgan fingerprint density at radius 1 is 1.33 bits per heavy atom. The van der Waals surface area contributed by atoms with Crippen LogP contribution in [0.2, 0.25) is 5.02 Å². The third-order valence-corrected chi connectivity index (χ3v) is 3.81. The maximum atomic E-state index is 14.3. The molecule has 1 aromatic heterocycles. The van der Waals surface area contributed by atoms with Gasteiger partial charge in [-0.25, -0.2) is 0 Å². The Bertz CT molecular complexity index is 644. The van der Waals surface area contributed by atoms with Crippen molar-refractivity contribution in [1.82, 2.24) is 10.1 Å². The average Bonchev–Trinajstić information content (AvgIpc) is 2.86. The van der Waals surface area contributed by atoms with E-state index in [0.717, 1.165) is 6.42 Å². The highest BCUT2D eigenvalue weighted by molar-refractivity contribution is 6.30. The second-order valence-electron chi connectivity index (χ2n) is 5.02. The van der Waals surface area contributed by atoms with Gasteiger partial charge in [-0.15, -0.1) is 12.4 Å². The molecule has 0 amide bonds. The van der Waals surface area contributed by atoms with Crippen LogP contribution in [0.4, 0.5) is 8.78 Å². The van der Waals surface area contributed by atoms with Crippen LogP contribution in [0.3, 0.4) is 0 Å². The Hall–Kier alpha value is -1.24. The maximum Gasteiger partial charge on any atom is 0.350 e. The van der Waals surface area contributed by atoms with Gasteiger partial charge in [-0.1, -0.05) is 28.9 Å². The van der Waals surface area contributed by atoms with E-state index < -0.39 is 17.4 Å². The molecule has 2 aromatic rings. The Morgan fingerprint density at radius 2 is 2.05 bits per heavy atom. The van der Waals surface area contributed by atoms with Crippen LogP contribution in [0.15, 0.2) is 28.8 Å². The first kappa shape index (κ1) is 16.1. The van der Waals surface area contributed by atoms with E-state index >= 15 is 0 Å². The van der Waals surface area contributed by atoms with Gasteiger partial charge in [0.25, 0.3) is 0 Å². The van der Waals surface area contributed by atoms with E-state index in [1.807, 2.05) is 0 Å². The van der Waals surface area contributed by atoms with E-state index in [0.29, 0.717) is 12.8 Å². The van der Waals surface area contributed by atoms with Gasteiger partial charge >= 0.3 is 11.8 Å². The molecule has 1 aliphatic rings. The van der Waals surface area contributed by atoms with Crippen molar-refractivity contribution >= 4 is 24.0 Å². The topological polar surface area (TPSA) is 64.9 Å². The molecule has 0 spiro atoms. The number of hydrogen-bond donors (Lipinski definition) is 1. The van der Waals surface area contributed by atoms with E-state index in [1.165, 1.54) is 24.3 Å². The zero-order valence-corrected chi connectivity index (χ0v) is 12.4. The van der Waals surface area contributed by atoms with Gasteiger partial charge in [0.1, 0.15) is 0 Å². The highest BCUT2D eigenvalue weighted by atomic mass is 35.5. The molecule has 4 nitrogen and oxygen atoms in total. The van der Waals surface area contributed by atoms with Crippen LogP contribution in [0, 0.1) is 0 Å². The first-order chi connectivity index (χ1) is 9.42. The molecule has 3 rings (SSSR count). The molecule has 0 saturated heterocycles. The fourth-order valence-corrected chi connectivity index (χ4v) is 2.33. The third-order valence-electron chi connectivity index (χ3n) is 3.57. The summed E-state index contributed by atoms with van der Waals surface area (Å²) in [5.74, 6) is -4.01. The predicted octanol–water partition coefficient (Wildman–Crippen LogP) is 3.62. The van der Waals surface area contributed by atoms with Crippen LogP contribution in [-0.2, 0) is 11.5 Å². The van der Waals surface area contributed by atoms with E-state index in [2.05, 4.69) is 10.1 Å². The normalized spacial score (nSPS) is 17.0. The smallest absolute Gasteiger partial charge is 0.332 e. The van der Waals surface area contributed by atoms with Gasteiger partial charge in [0.05, 0.1) is 5.54 Å². The molecular formula is C13H13Cl2F2N3O. The number of nitrogens with zero attached hydrogens (tertiary/aromatic N) is 2. The summed E-state index contributed by atoms with van der Waals surface area (Å²) < 4.78 is 33.3. The van der Waals surface area contributed by atoms with Crippen LogP contribution in [-0.4, -0.2) is 10.1 Å². The number of rotatable bonds is 3. The first-order valence-corrected chi connectivity index (χ1v) is 6.57. The fourth-order valence-electron chi connectivity index (χ4n) is 2.14. The molecule has 1 fully saturated rings. The molecule has 114 valence electrons. The minimum Gasteiger partial charge on any atom is -0.332 e. The molecule has 21 heavy (non-hydrogen) atoms. The lowest BCUT2D eigenvalue weighted by molar-refractivity contribution is 0.00761. The Kier molecular flexibility index (Phi) is 4.24. The summed E-state index contributed by atoms with van der Waals surface area (Å²) in [5.41, 5.74) is 4.97. The number of aromatic nitrogens is 2. The van der Waals surface area contributed by atoms with Crippen LogP contribution in [0.25, 0.3) is 0 Å². The van der Waals surface area contributed by atoms with Crippen molar-refractivity contribution < 1.29 is 13.3 Å². The van der Waals surface area contributed by atoms with Crippen molar-refractivity contribution in [2.24, 2.45) is 5.73 Å². The van der Waals surface area contributed by atoms with Crippen molar-refractivity contribution in [3.05, 3.63) is 46.6 Å². The number of nitrogens with two attached hydrogens (primary N) is 1. The summed E-state index contributed by atoms with van der Waals surface area (Å²) in [4.78, 5) is 3.79. The molecule has 1 saturated carbocycles. The summed E-state index contributed by atoms with van der Waals surface area (Å²) >= 11 is 5.73. The van der Waals surface area contributed by atoms with Gasteiger partial charge in [-0.3, -0.25) is 0 Å². The summed E-state index contributed by atoms with van der Waals surface area (Å²) in [7, 11) is 0. The molecule has 2 N–H and O–H groups in total. The van der Waals surface area contributed by atoms with Crippen molar-refractivity contribution in [3.63, 3.8) is 0 Å². The van der Waals surface area contributed by atoms with Crippen LogP contribution < -0.4 is 5.73 Å². The monoisotopic (exact) mass is 335 g/mol. The minimum absolute atomic E-state index is 0. The van der Waals surface area contributed by atoms with Crippen LogP contribution in [0.5, 0.6) is 0 Å². The second-order valence-corrected chi connectivity index (χ2v) is 5.45. The number of hydrogen-bond acceptors (Lipinski definition) is 4. The Morgan fingerprint density at radius 3 is 2.62 bits per heavy atom. The lowest BCUT2D eigenvalue weighted by atomic mass is 9.77. The van der Waals surface area contributed by atoms with Crippen LogP contribution in [0.1, 0.15) is 36.5 Å². The Balaban J connectivity index is 0.00000161. The van der Waals surface area contributed by atoms with Gasteiger partial charge in [0.2, 0.25) is 0 Å².